The molecule has 1 aliphatic carbocycles. The normalized spacial score (nSPS) is 15.2. The number of hydrogen-bond donors (Lipinski definition) is 1. The van der Waals surface area contributed by atoms with E-state index in [1.54, 1.807) is 7.05 Å². The predicted octanol–water partition coefficient (Wildman–Crippen LogP) is 3.00. The van der Waals surface area contributed by atoms with Crippen LogP contribution in [0, 0.1) is 24.0 Å². The standard InChI is InChI=1S/C20H27N5O5S/c1-14-20(25(27)28)15(2)24(22-14)13-19(26)21-16-9-11-18(12-10-16)31(29,30)23(3)17-7-5-4-6-8-17/h9-12,17H,4-8,13H2,1-3H3,(H,21,26). The van der Waals surface area contributed by atoms with Gasteiger partial charge in [-0.15, -0.1) is 0 Å². The van der Waals surface area contributed by atoms with Crippen molar-refractivity contribution < 1.29 is 18.1 Å². The molecular formula is C20H27N5O5S. The molecule has 1 saturated carbocycles. The Hall–Kier alpha value is -2.79. The molecule has 0 bridgehead atoms. The zero-order chi connectivity index (χ0) is 22.8. The maximum absolute atomic E-state index is 12.9. The van der Waals surface area contributed by atoms with Crippen LogP contribution in [-0.4, -0.2) is 46.4 Å². The Morgan fingerprint density at radius 2 is 1.84 bits per heavy atom. The molecule has 0 unspecified atom stereocenters. The first-order chi connectivity index (χ1) is 14.6. The fourth-order valence-corrected chi connectivity index (χ4v) is 5.38. The van der Waals surface area contributed by atoms with E-state index in [2.05, 4.69) is 10.4 Å². The van der Waals surface area contributed by atoms with E-state index in [9.17, 15) is 23.3 Å². The number of aryl methyl sites for hydroxylation is 1. The second-order valence-corrected chi connectivity index (χ2v) is 9.82. The zero-order valence-corrected chi connectivity index (χ0v) is 18.7. The number of benzene rings is 1. The highest BCUT2D eigenvalue weighted by molar-refractivity contribution is 7.89. The summed E-state index contributed by atoms with van der Waals surface area (Å²) in [5.41, 5.74) is 0.863. The van der Waals surface area contributed by atoms with Gasteiger partial charge in [0.05, 0.1) is 9.82 Å². The highest BCUT2D eigenvalue weighted by Crippen LogP contribution is 2.27. The lowest BCUT2D eigenvalue weighted by Crippen LogP contribution is -2.38. The summed E-state index contributed by atoms with van der Waals surface area (Å²) in [6, 6.07) is 6.02. The van der Waals surface area contributed by atoms with E-state index >= 15 is 0 Å². The van der Waals surface area contributed by atoms with Crippen molar-refractivity contribution in [1.82, 2.24) is 14.1 Å². The minimum absolute atomic E-state index is 0.0166. The van der Waals surface area contributed by atoms with Crippen LogP contribution in [0.1, 0.15) is 43.5 Å². The van der Waals surface area contributed by atoms with Crippen LogP contribution in [0.15, 0.2) is 29.2 Å². The van der Waals surface area contributed by atoms with E-state index < -0.39 is 20.9 Å². The summed E-state index contributed by atoms with van der Waals surface area (Å²) >= 11 is 0. The molecule has 0 aliphatic heterocycles. The van der Waals surface area contributed by atoms with Gasteiger partial charge in [-0.1, -0.05) is 19.3 Å². The number of sulfonamides is 1. The molecule has 168 valence electrons. The molecule has 1 aromatic carbocycles. The van der Waals surface area contributed by atoms with E-state index in [-0.39, 0.29) is 28.9 Å². The number of carbonyl (C=O) groups is 1. The third-order valence-electron chi connectivity index (χ3n) is 5.72. The lowest BCUT2D eigenvalue weighted by molar-refractivity contribution is -0.386. The lowest BCUT2D eigenvalue weighted by Gasteiger charge is -2.30. The SMILES string of the molecule is Cc1nn(CC(=O)Nc2ccc(S(=O)(=O)N(C)C3CCCCC3)cc2)c(C)c1[N+](=O)[O-]. The van der Waals surface area contributed by atoms with Crippen molar-refractivity contribution in [3.05, 3.63) is 45.8 Å². The number of hydrogen-bond acceptors (Lipinski definition) is 6. The first kappa shape index (κ1) is 22.9. The Labute approximate surface area is 181 Å². The van der Waals surface area contributed by atoms with E-state index in [1.807, 2.05) is 0 Å². The van der Waals surface area contributed by atoms with Crippen molar-refractivity contribution >= 4 is 27.3 Å². The predicted molar refractivity (Wildman–Crippen MR) is 115 cm³/mol. The molecule has 0 saturated heterocycles. The number of rotatable bonds is 7. The van der Waals surface area contributed by atoms with Crippen LogP contribution in [0.25, 0.3) is 0 Å². The molecule has 1 aromatic heterocycles. The number of nitrogens with one attached hydrogen (secondary N) is 1. The summed E-state index contributed by atoms with van der Waals surface area (Å²) < 4.78 is 28.5. The first-order valence-electron chi connectivity index (χ1n) is 10.2. The van der Waals surface area contributed by atoms with Crippen molar-refractivity contribution in [1.29, 1.82) is 0 Å². The van der Waals surface area contributed by atoms with E-state index in [0.717, 1.165) is 32.1 Å². The van der Waals surface area contributed by atoms with Crippen LogP contribution >= 0.6 is 0 Å². The highest BCUT2D eigenvalue weighted by atomic mass is 32.2. The van der Waals surface area contributed by atoms with Gasteiger partial charge in [-0.3, -0.25) is 19.6 Å². The summed E-state index contributed by atoms with van der Waals surface area (Å²) in [7, 11) is -1.99. The second-order valence-electron chi connectivity index (χ2n) is 7.82. The van der Waals surface area contributed by atoms with Gasteiger partial charge >= 0.3 is 5.69 Å². The topological polar surface area (TPSA) is 127 Å². The van der Waals surface area contributed by atoms with Gasteiger partial charge in [-0.25, -0.2) is 8.42 Å². The fraction of sp³-hybridized carbons (Fsp3) is 0.500. The zero-order valence-electron chi connectivity index (χ0n) is 17.9. The summed E-state index contributed by atoms with van der Waals surface area (Å²) in [6.45, 7) is 2.86. The molecule has 0 spiro atoms. The molecule has 1 heterocycles. The van der Waals surface area contributed by atoms with Crippen molar-refractivity contribution in [3.63, 3.8) is 0 Å². The maximum Gasteiger partial charge on any atom is 0.312 e. The molecular weight excluding hydrogens is 422 g/mol. The highest BCUT2D eigenvalue weighted by Gasteiger charge is 2.29. The molecule has 1 N–H and O–H groups in total. The summed E-state index contributed by atoms with van der Waals surface area (Å²) in [5, 5.41) is 17.8. The third-order valence-corrected chi connectivity index (χ3v) is 7.65. The smallest absolute Gasteiger partial charge is 0.312 e. The second kappa shape index (κ2) is 9.15. The van der Waals surface area contributed by atoms with Crippen LogP contribution in [0.3, 0.4) is 0 Å². The molecule has 10 nitrogen and oxygen atoms in total. The van der Waals surface area contributed by atoms with Crippen LogP contribution < -0.4 is 5.32 Å². The molecule has 1 amide bonds. The van der Waals surface area contributed by atoms with Crippen LogP contribution in [0.4, 0.5) is 11.4 Å². The van der Waals surface area contributed by atoms with Crippen LogP contribution in [0.2, 0.25) is 0 Å². The molecule has 0 radical (unpaired) electrons. The molecule has 1 fully saturated rings. The van der Waals surface area contributed by atoms with Gasteiger partial charge in [0.2, 0.25) is 15.9 Å². The number of nitrogens with zero attached hydrogens (tertiary/aromatic N) is 4. The van der Waals surface area contributed by atoms with Gasteiger partial charge in [0.25, 0.3) is 0 Å². The average Bonchev–Trinajstić information content (AvgIpc) is 3.01. The maximum atomic E-state index is 12.9. The first-order valence-corrected chi connectivity index (χ1v) is 11.6. The van der Waals surface area contributed by atoms with Gasteiger partial charge in [-0.05, 0) is 51.0 Å². The number of carbonyl (C=O) groups excluding carboxylic acids is 1. The van der Waals surface area contributed by atoms with Gasteiger partial charge in [-0.2, -0.15) is 9.40 Å². The summed E-state index contributed by atoms with van der Waals surface area (Å²) in [6.07, 6.45) is 4.95. The van der Waals surface area contributed by atoms with Gasteiger partial charge < -0.3 is 5.32 Å². The quantitative estimate of drug-likeness (QED) is 0.511. The fourth-order valence-electron chi connectivity index (χ4n) is 3.96. The van der Waals surface area contributed by atoms with Crippen LogP contribution in [-0.2, 0) is 21.4 Å². The molecule has 0 atom stereocenters. The van der Waals surface area contributed by atoms with Gasteiger partial charge in [0.1, 0.15) is 17.9 Å². The van der Waals surface area contributed by atoms with Gasteiger partial charge in [0.15, 0.2) is 0 Å². The van der Waals surface area contributed by atoms with Crippen molar-refractivity contribution in [2.24, 2.45) is 0 Å². The summed E-state index contributed by atoms with van der Waals surface area (Å²) in [4.78, 5) is 23.1. The lowest BCUT2D eigenvalue weighted by atomic mass is 9.96. The van der Waals surface area contributed by atoms with E-state index in [0.29, 0.717) is 11.4 Å². The Bertz CT molecular complexity index is 1070. The van der Waals surface area contributed by atoms with Crippen molar-refractivity contribution in [2.75, 3.05) is 12.4 Å². The Balaban J connectivity index is 1.67. The Kier molecular flexibility index (Phi) is 6.75. The monoisotopic (exact) mass is 449 g/mol. The number of aromatic nitrogens is 2. The number of amides is 1. The molecule has 1 aliphatic rings. The molecule has 3 rings (SSSR count). The molecule has 2 aromatic rings. The molecule has 31 heavy (non-hydrogen) atoms. The number of nitro groups is 1. The summed E-state index contributed by atoms with van der Waals surface area (Å²) in [5.74, 6) is -0.421. The third kappa shape index (κ3) is 4.93. The van der Waals surface area contributed by atoms with Crippen LogP contribution in [0.5, 0.6) is 0 Å². The molecule has 11 heteroatoms. The Morgan fingerprint density at radius 1 is 1.23 bits per heavy atom. The number of anilines is 1. The van der Waals surface area contributed by atoms with Crippen molar-refractivity contribution in [2.45, 2.75) is 63.4 Å². The Morgan fingerprint density at radius 3 is 2.39 bits per heavy atom. The van der Waals surface area contributed by atoms with Crippen molar-refractivity contribution in [3.8, 4) is 0 Å². The van der Waals surface area contributed by atoms with E-state index in [4.69, 9.17) is 0 Å². The minimum atomic E-state index is -3.61. The average molecular weight is 450 g/mol. The minimum Gasteiger partial charge on any atom is -0.324 e. The van der Waals surface area contributed by atoms with E-state index in [1.165, 1.54) is 47.1 Å². The largest absolute Gasteiger partial charge is 0.324 e. The van der Waals surface area contributed by atoms with Gasteiger partial charge in [0, 0.05) is 18.8 Å².